The highest BCUT2D eigenvalue weighted by Gasteiger charge is 2.17. The predicted octanol–water partition coefficient (Wildman–Crippen LogP) is -0.141. The molecule has 1 aromatic heterocycles. The maximum Gasteiger partial charge on any atom is 0.279 e. The first-order valence-corrected chi connectivity index (χ1v) is 7.16. The first kappa shape index (κ1) is 15.1. The van der Waals surface area contributed by atoms with Crippen molar-refractivity contribution in [2.45, 2.75) is 19.9 Å². The van der Waals surface area contributed by atoms with E-state index in [0.29, 0.717) is 18.2 Å². The number of hydrogen-bond donors (Lipinski definition) is 2. The number of nitrogens with one attached hydrogen (secondary N) is 2. The molecule has 0 atom stereocenters. The molecule has 7 nitrogen and oxygen atoms in total. The van der Waals surface area contributed by atoms with E-state index in [0.717, 1.165) is 13.0 Å². The minimum atomic E-state index is -3.47. The van der Waals surface area contributed by atoms with E-state index in [2.05, 4.69) is 15.0 Å². The second-order valence-corrected chi connectivity index (χ2v) is 5.83. The number of hydrogen-bond acceptors (Lipinski definition) is 5. The second kappa shape index (κ2) is 6.83. The summed E-state index contributed by atoms with van der Waals surface area (Å²) in [6, 6.07) is 0. The van der Waals surface area contributed by atoms with E-state index in [4.69, 9.17) is 4.42 Å². The number of rotatable bonds is 8. The topological polar surface area (TPSA) is 87.5 Å². The average Bonchev–Trinajstić information content (AvgIpc) is 2.73. The zero-order valence-corrected chi connectivity index (χ0v) is 11.7. The van der Waals surface area contributed by atoms with Crippen LogP contribution in [0.1, 0.15) is 18.1 Å². The van der Waals surface area contributed by atoms with Crippen molar-refractivity contribution < 1.29 is 12.8 Å². The molecule has 0 saturated carbocycles. The van der Waals surface area contributed by atoms with Gasteiger partial charge >= 0.3 is 0 Å². The number of nitrogens with zero attached hydrogens (tertiary/aromatic N) is 2. The van der Waals surface area contributed by atoms with E-state index >= 15 is 0 Å². The summed E-state index contributed by atoms with van der Waals surface area (Å²) in [4.78, 5) is 3.93. The molecule has 0 spiro atoms. The Labute approximate surface area is 108 Å². The lowest BCUT2D eigenvalue weighted by molar-refractivity contribution is 0.432. The molecule has 0 aliphatic carbocycles. The molecule has 0 aromatic carbocycles. The molecule has 8 heteroatoms. The summed E-state index contributed by atoms with van der Waals surface area (Å²) in [5, 5.41) is 2.97. The molecule has 1 rings (SSSR count). The highest BCUT2D eigenvalue weighted by atomic mass is 32.2. The molecule has 1 aromatic rings. The summed E-state index contributed by atoms with van der Waals surface area (Å²) in [7, 11) is -0.103. The van der Waals surface area contributed by atoms with Crippen molar-refractivity contribution in [2.75, 3.05) is 27.2 Å². The number of aromatic nitrogens is 1. The van der Waals surface area contributed by atoms with E-state index in [-0.39, 0.29) is 6.54 Å². The third kappa shape index (κ3) is 4.73. The van der Waals surface area contributed by atoms with Crippen LogP contribution in [0.15, 0.2) is 10.6 Å². The lowest BCUT2D eigenvalue weighted by Gasteiger charge is -2.16. The Bertz CT molecular complexity index is 457. The minimum absolute atomic E-state index is 0.0620. The Balaban J connectivity index is 2.43. The highest BCUT2D eigenvalue weighted by Crippen LogP contribution is 2.03. The molecule has 0 aliphatic rings. The molecule has 0 fully saturated rings. The first-order chi connectivity index (χ1) is 8.45. The third-order valence-electron chi connectivity index (χ3n) is 2.39. The molecular weight excluding hydrogens is 256 g/mol. The zero-order chi connectivity index (χ0) is 13.6. The van der Waals surface area contributed by atoms with Crippen LogP contribution in [0.5, 0.6) is 0 Å². The second-order valence-electron chi connectivity index (χ2n) is 3.97. The molecule has 0 saturated heterocycles. The molecule has 0 amide bonds. The molecule has 0 radical (unpaired) electrons. The lowest BCUT2D eigenvalue weighted by Crippen LogP contribution is -2.39. The molecule has 1 heterocycles. The van der Waals surface area contributed by atoms with E-state index in [1.165, 1.54) is 4.31 Å². The van der Waals surface area contributed by atoms with Gasteiger partial charge in [0.25, 0.3) is 10.2 Å². The predicted molar refractivity (Wildman–Crippen MR) is 68.2 cm³/mol. The fraction of sp³-hybridized carbons (Fsp3) is 0.700. The fourth-order valence-corrected chi connectivity index (χ4v) is 2.24. The van der Waals surface area contributed by atoms with Crippen LogP contribution in [0.3, 0.4) is 0 Å². The molecule has 0 unspecified atom stereocenters. The summed E-state index contributed by atoms with van der Waals surface area (Å²) in [6.07, 6.45) is 2.31. The molecular formula is C10H20N4O3S. The SMILES string of the molecule is CNCCCN(C)S(=O)(=O)NCc1ncc(C)o1. The van der Waals surface area contributed by atoms with Gasteiger partial charge in [-0.2, -0.15) is 17.4 Å². The van der Waals surface area contributed by atoms with Gasteiger partial charge in [0, 0.05) is 13.6 Å². The van der Waals surface area contributed by atoms with E-state index < -0.39 is 10.2 Å². The molecule has 0 aliphatic heterocycles. The fourth-order valence-electron chi connectivity index (χ4n) is 1.34. The van der Waals surface area contributed by atoms with Gasteiger partial charge in [-0.15, -0.1) is 0 Å². The zero-order valence-electron chi connectivity index (χ0n) is 10.9. The summed E-state index contributed by atoms with van der Waals surface area (Å²) in [5.41, 5.74) is 0. The normalized spacial score (nSPS) is 12.2. The maximum absolute atomic E-state index is 11.8. The Morgan fingerprint density at radius 1 is 1.50 bits per heavy atom. The van der Waals surface area contributed by atoms with Crippen molar-refractivity contribution in [1.82, 2.24) is 19.3 Å². The van der Waals surface area contributed by atoms with Crippen molar-refractivity contribution in [3.8, 4) is 0 Å². The molecule has 2 N–H and O–H groups in total. The van der Waals surface area contributed by atoms with Gasteiger partial charge < -0.3 is 9.73 Å². The van der Waals surface area contributed by atoms with Crippen LogP contribution in [0.25, 0.3) is 0 Å². The average molecular weight is 276 g/mol. The Hall–Kier alpha value is -0.960. The molecule has 18 heavy (non-hydrogen) atoms. The largest absolute Gasteiger partial charge is 0.445 e. The summed E-state index contributed by atoms with van der Waals surface area (Å²) >= 11 is 0. The van der Waals surface area contributed by atoms with Crippen molar-refractivity contribution in [3.63, 3.8) is 0 Å². The number of oxazole rings is 1. The maximum atomic E-state index is 11.8. The van der Waals surface area contributed by atoms with Gasteiger partial charge in [0.05, 0.1) is 12.7 Å². The Morgan fingerprint density at radius 2 is 2.22 bits per heavy atom. The van der Waals surface area contributed by atoms with Crippen LogP contribution in [-0.4, -0.2) is 44.9 Å². The molecule has 0 bridgehead atoms. The Morgan fingerprint density at radius 3 is 2.78 bits per heavy atom. The van der Waals surface area contributed by atoms with Crippen LogP contribution in [0.2, 0.25) is 0 Å². The van der Waals surface area contributed by atoms with Crippen molar-refractivity contribution in [2.24, 2.45) is 0 Å². The first-order valence-electron chi connectivity index (χ1n) is 5.72. The quantitative estimate of drug-likeness (QED) is 0.645. The van der Waals surface area contributed by atoms with Gasteiger partial charge in [-0.3, -0.25) is 0 Å². The van der Waals surface area contributed by atoms with Crippen LogP contribution in [0, 0.1) is 6.92 Å². The van der Waals surface area contributed by atoms with Crippen LogP contribution in [0.4, 0.5) is 0 Å². The van der Waals surface area contributed by atoms with Crippen molar-refractivity contribution >= 4 is 10.2 Å². The summed E-state index contributed by atoms with van der Waals surface area (Å²) < 4.78 is 32.6. The summed E-state index contributed by atoms with van der Waals surface area (Å²) in [6.45, 7) is 3.06. The van der Waals surface area contributed by atoms with Crippen LogP contribution >= 0.6 is 0 Å². The van der Waals surface area contributed by atoms with Gasteiger partial charge in [0.1, 0.15) is 5.76 Å². The lowest BCUT2D eigenvalue weighted by atomic mass is 10.4. The van der Waals surface area contributed by atoms with Crippen LogP contribution < -0.4 is 10.0 Å². The Kier molecular flexibility index (Phi) is 5.73. The third-order valence-corrected chi connectivity index (χ3v) is 3.90. The van der Waals surface area contributed by atoms with Gasteiger partial charge in [-0.25, -0.2) is 4.98 Å². The van der Waals surface area contributed by atoms with Gasteiger partial charge in [0.2, 0.25) is 5.89 Å². The monoisotopic (exact) mass is 276 g/mol. The van der Waals surface area contributed by atoms with Crippen molar-refractivity contribution in [1.29, 1.82) is 0 Å². The van der Waals surface area contributed by atoms with E-state index in [1.807, 2.05) is 7.05 Å². The van der Waals surface area contributed by atoms with Gasteiger partial charge in [-0.05, 0) is 26.9 Å². The minimum Gasteiger partial charge on any atom is -0.445 e. The molecule has 104 valence electrons. The van der Waals surface area contributed by atoms with Gasteiger partial charge in [-0.1, -0.05) is 0 Å². The van der Waals surface area contributed by atoms with E-state index in [9.17, 15) is 8.42 Å². The highest BCUT2D eigenvalue weighted by molar-refractivity contribution is 7.87. The van der Waals surface area contributed by atoms with Crippen LogP contribution in [-0.2, 0) is 16.8 Å². The standard InChI is InChI=1S/C10H20N4O3S/c1-9-7-12-10(17-9)8-13-18(15,16)14(3)6-4-5-11-2/h7,11,13H,4-6,8H2,1-3H3. The van der Waals surface area contributed by atoms with Crippen molar-refractivity contribution in [3.05, 3.63) is 17.8 Å². The smallest absolute Gasteiger partial charge is 0.279 e. The van der Waals surface area contributed by atoms with E-state index in [1.54, 1.807) is 20.2 Å². The number of aryl methyl sites for hydroxylation is 1. The van der Waals surface area contributed by atoms with Gasteiger partial charge in [0.15, 0.2) is 0 Å². The summed E-state index contributed by atoms with van der Waals surface area (Å²) in [5.74, 6) is 1.02.